The molecule has 5 nitrogen and oxygen atoms in total. The molecule has 0 radical (unpaired) electrons. The molecule has 31 heavy (non-hydrogen) atoms. The molecule has 4 rings (SSSR count). The number of benzene rings is 3. The van der Waals surface area contributed by atoms with E-state index in [1.54, 1.807) is 10.6 Å². The molecule has 7 heteroatoms. The summed E-state index contributed by atoms with van der Waals surface area (Å²) in [6.07, 6.45) is 0. The third-order valence-corrected chi connectivity index (χ3v) is 6.21. The Morgan fingerprint density at radius 1 is 1.06 bits per heavy atom. The van der Waals surface area contributed by atoms with Crippen molar-refractivity contribution in [1.29, 1.82) is 0 Å². The molecule has 1 amide bonds. The van der Waals surface area contributed by atoms with Crippen LogP contribution in [0.5, 0.6) is 0 Å². The van der Waals surface area contributed by atoms with Crippen LogP contribution in [0, 0.1) is 13.8 Å². The summed E-state index contributed by atoms with van der Waals surface area (Å²) in [6.45, 7) is 3.98. The van der Waals surface area contributed by atoms with E-state index in [0.29, 0.717) is 21.7 Å². The Hall–Kier alpha value is -2.90. The molecule has 1 heterocycles. The van der Waals surface area contributed by atoms with Gasteiger partial charge in [0, 0.05) is 10.2 Å². The second-order valence-corrected chi connectivity index (χ2v) is 9.05. The number of aryl methyl sites for hydroxylation is 2. The molecular formula is C24H20BrN3O2S. The number of hydrogen-bond donors (Lipinski definition) is 1. The Morgan fingerprint density at radius 2 is 1.87 bits per heavy atom. The summed E-state index contributed by atoms with van der Waals surface area (Å²) in [5.74, 6) is -0.0416. The third kappa shape index (κ3) is 4.73. The first-order chi connectivity index (χ1) is 14.9. The summed E-state index contributed by atoms with van der Waals surface area (Å²) >= 11 is 4.64. The average Bonchev–Trinajstić information content (AvgIpc) is 2.73. The maximum absolute atomic E-state index is 13.4. The first-order valence-corrected chi connectivity index (χ1v) is 11.5. The van der Waals surface area contributed by atoms with Crippen molar-refractivity contribution in [2.24, 2.45) is 0 Å². The van der Waals surface area contributed by atoms with Gasteiger partial charge in [-0.3, -0.25) is 14.2 Å². The predicted octanol–water partition coefficient (Wildman–Crippen LogP) is 5.50. The van der Waals surface area contributed by atoms with Crippen molar-refractivity contribution >= 4 is 50.2 Å². The van der Waals surface area contributed by atoms with Crippen LogP contribution in [0.25, 0.3) is 16.6 Å². The normalized spacial score (nSPS) is 10.9. The van der Waals surface area contributed by atoms with Crippen molar-refractivity contribution in [3.63, 3.8) is 0 Å². The van der Waals surface area contributed by atoms with Crippen molar-refractivity contribution < 1.29 is 4.79 Å². The fourth-order valence-corrected chi connectivity index (χ4v) is 4.58. The molecule has 0 saturated carbocycles. The molecule has 0 unspecified atom stereocenters. The van der Waals surface area contributed by atoms with Crippen molar-refractivity contribution in [3.05, 3.63) is 92.7 Å². The molecule has 156 valence electrons. The molecule has 0 aliphatic carbocycles. The lowest BCUT2D eigenvalue weighted by atomic mass is 10.1. The molecule has 0 aliphatic rings. The highest BCUT2D eigenvalue weighted by Gasteiger charge is 2.16. The van der Waals surface area contributed by atoms with E-state index >= 15 is 0 Å². The van der Waals surface area contributed by atoms with Crippen molar-refractivity contribution in [3.8, 4) is 5.69 Å². The van der Waals surface area contributed by atoms with Gasteiger partial charge in [-0.2, -0.15) is 0 Å². The number of anilines is 1. The van der Waals surface area contributed by atoms with Crippen molar-refractivity contribution in [1.82, 2.24) is 9.55 Å². The average molecular weight is 494 g/mol. The Bertz CT molecular complexity index is 1350. The van der Waals surface area contributed by atoms with Gasteiger partial charge in [0.2, 0.25) is 5.91 Å². The highest BCUT2D eigenvalue weighted by molar-refractivity contribution is 9.10. The van der Waals surface area contributed by atoms with Gasteiger partial charge in [-0.25, -0.2) is 4.98 Å². The van der Waals surface area contributed by atoms with Gasteiger partial charge in [-0.1, -0.05) is 63.6 Å². The Morgan fingerprint density at radius 3 is 2.65 bits per heavy atom. The number of thioether (sulfide) groups is 1. The minimum absolute atomic E-state index is 0.127. The van der Waals surface area contributed by atoms with Crippen molar-refractivity contribution in [2.45, 2.75) is 19.0 Å². The number of nitrogens with zero attached hydrogens (tertiary/aromatic N) is 2. The molecule has 1 N–H and O–H groups in total. The summed E-state index contributed by atoms with van der Waals surface area (Å²) in [6, 6.07) is 20.6. The SMILES string of the molecule is Cc1ccc(-n2c(SCC(=O)Nc3cccc(Br)c3)nc3ccccc3c2=O)c(C)c1. The maximum Gasteiger partial charge on any atom is 0.266 e. The topological polar surface area (TPSA) is 64.0 Å². The lowest BCUT2D eigenvalue weighted by molar-refractivity contribution is -0.113. The van der Waals surface area contributed by atoms with Crippen LogP contribution in [0.1, 0.15) is 11.1 Å². The van der Waals surface area contributed by atoms with E-state index in [1.165, 1.54) is 11.8 Å². The van der Waals surface area contributed by atoms with Gasteiger partial charge in [0.25, 0.3) is 5.56 Å². The van der Waals surface area contributed by atoms with E-state index in [-0.39, 0.29) is 17.2 Å². The number of amides is 1. The van der Waals surface area contributed by atoms with Gasteiger partial charge < -0.3 is 5.32 Å². The second-order valence-electron chi connectivity index (χ2n) is 7.19. The van der Waals surface area contributed by atoms with Crippen LogP contribution in [-0.2, 0) is 4.79 Å². The molecule has 1 aromatic heterocycles. The van der Waals surface area contributed by atoms with Crippen LogP contribution in [0.15, 0.2) is 81.2 Å². The van der Waals surface area contributed by atoms with Gasteiger partial charge in [0.15, 0.2) is 5.16 Å². The van der Waals surface area contributed by atoms with Gasteiger partial charge in [0.1, 0.15) is 0 Å². The van der Waals surface area contributed by atoms with E-state index in [9.17, 15) is 9.59 Å². The maximum atomic E-state index is 13.4. The number of carbonyl (C=O) groups is 1. The number of halogens is 1. The van der Waals surface area contributed by atoms with Gasteiger partial charge in [0.05, 0.1) is 22.3 Å². The molecular weight excluding hydrogens is 474 g/mol. The van der Waals surface area contributed by atoms with Crippen LogP contribution in [0.4, 0.5) is 5.69 Å². The Kier molecular flexibility index (Phi) is 6.25. The molecule has 0 saturated heterocycles. The number of para-hydroxylation sites is 1. The quantitative estimate of drug-likeness (QED) is 0.294. The van der Waals surface area contributed by atoms with Gasteiger partial charge in [-0.05, 0) is 55.8 Å². The summed E-state index contributed by atoms with van der Waals surface area (Å²) in [5.41, 5.74) is 4.03. The van der Waals surface area contributed by atoms with Crippen molar-refractivity contribution in [2.75, 3.05) is 11.1 Å². The van der Waals surface area contributed by atoms with E-state index in [1.807, 2.05) is 74.5 Å². The molecule has 0 fully saturated rings. The second kappa shape index (κ2) is 9.08. The molecule has 4 aromatic rings. The molecule has 0 atom stereocenters. The van der Waals surface area contributed by atoms with Crippen LogP contribution in [0.3, 0.4) is 0 Å². The molecule has 0 spiro atoms. The zero-order valence-corrected chi connectivity index (χ0v) is 19.5. The Balaban J connectivity index is 1.70. The Labute approximate surface area is 192 Å². The van der Waals surface area contributed by atoms with Crippen LogP contribution >= 0.6 is 27.7 Å². The molecule has 3 aromatic carbocycles. The van der Waals surface area contributed by atoms with Gasteiger partial charge >= 0.3 is 0 Å². The van der Waals surface area contributed by atoms with E-state index in [4.69, 9.17) is 4.98 Å². The number of aromatic nitrogens is 2. The first-order valence-electron chi connectivity index (χ1n) is 9.70. The number of fused-ring (bicyclic) bond motifs is 1. The number of hydrogen-bond acceptors (Lipinski definition) is 4. The van der Waals surface area contributed by atoms with E-state index < -0.39 is 0 Å². The minimum Gasteiger partial charge on any atom is -0.325 e. The summed E-state index contributed by atoms with van der Waals surface area (Å²) in [4.78, 5) is 30.6. The first kappa shape index (κ1) is 21.3. The fourth-order valence-electron chi connectivity index (χ4n) is 3.37. The molecule has 0 bridgehead atoms. The lowest BCUT2D eigenvalue weighted by Gasteiger charge is -2.15. The van der Waals surface area contributed by atoms with E-state index in [2.05, 4.69) is 21.2 Å². The van der Waals surface area contributed by atoms with Crippen LogP contribution < -0.4 is 10.9 Å². The summed E-state index contributed by atoms with van der Waals surface area (Å²) < 4.78 is 2.49. The van der Waals surface area contributed by atoms with E-state index in [0.717, 1.165) is 21.3 Å². The highest BCUT2D eigenvalue weighted by Crippen LogP contribution is 2.24. The number of rotatable bonds is 5. The number of nitrogens with one attached hydrogen (secondary N) is 1. The summed E-state index contributed by atoms with van der Waals surface area (Å²) in [5, 5.41) is 3.91. The largest absolute Gasteiger partial charge is 0.325 e. The lowest BCUT2D eigenvalue weighted by Crippen LogP contribution is -2.23. The van der Waals surface area contributed by atoms with Crippen LogP contribution in [0.2, 0.25) is 0 Å². The monoisotopic (exact) mass is 493 g/mol. The number of carbonyl (C=O) groups excluding carboxylic acids is 1. The highest BCUT2D eigenvalue weighted by atomic mass is 79.9. The fraction of sp³-hybridized carbons (Fsp3) is 0.125. The smallest absolute Gasteiger partial charge is 0.266 e. The predicted molar refractivity (Wildman–Crippen MR) is 130 cm³/mol. The zero-order chi connectivity index (χ0) is 22.0. The van der Waals surface area contributed by atoms with Gasteiger partial charge in [-0.15, -0.1) is 0 Å². The zero-order valence-electron chi connectivity index (χ0n) is 17.1. The summed E-state index contributed by atoms with van der Waals surface area (Å²) in [7, 11) is 0. The minimum atomic E-state index is -0.169. The third-order valence-electron chi connectivity index (χ3n) is 4.78. The molecule has 0 aliphatic heterocycles. The van der Waals surface area contributed by atoms with Crippen LogP contribution in [-0.4, -0.2) is 21.2 Å². The standard InChI is InChI=1S/C24H20BrN3O2S/c1-15-10-11-21(16(2)12-15)28-23(30)19-8-3-4-9-20(19)27-24(28)31-14-22(29)26-18-7-5-6-17(25)13-18/h3-13H,14H2,1-2H3,(H,26,29).